The minimum Gasteiger partial charge on any atom is -0.486 e. The summed E-state index contributed by atoms with van der Waals surface area (Å²) in [6, 6.07) is 3.85. The van der Waals surface area contributed by atoms with Crippen LogP contribution in [0.5, 0.6) is 11.6 Å². The van der Waals surface area contributed by atoms with Gasteiger partial charge >= 0.3 is 0 Å². The maximum atomic E-state index is 5.95. The average molecular weight is 251 g/mol. The molecule has 0 radical (unpaired) electrons. The van der Waals surface area contributed by atoms with E-state index in [9.17, 15) is 0 Å². The van der Waals surface area contributed by atoms with Crippen LogP contribution in [-0.4, -0.2) is 17.2 Å². The molecule has 0 fully saturated rings. The summed E-state index contributed by atoms with van der Waals surface area (Å²) >= 11 is 1.64. The molecule has 0 amide bonds. The molecule has 2 heterocycles. The molecular formula is C13H17NO2S. The van der Waals surface area contributed by atoms with Gasteiger partial charge in [0.1, 0.15) is 11.4 Å². The standard InChI is InChI=1S/C13H17NO2S/c1-5-15-11-8-10(16-13(2,3)4)12-9(14-11)6-7-17-12/h6-8H,5H2,1-4H3. The summed E-state index contributed by atoms with van der Waals surface area (Å²) in [5.41, 5.74) is 0.710. The van der Waals surface area contributed by atoms with Gasteiger partial charge < -0.3 is 9.47 Å². The predicted octanol–water partition coefficient (Wildman–Crippen LogP) is 3.87. The maximum absolute atomic E-state index is 5.95. The average Bonchev–Trinajstić information content (AvgIpc) is 2.63. The molecule has 0 spiro atoms. The first-order valence-electron chi connectivity index (χ1n) is 5.69. The molecule has 4 heteroatoms. The monoisotopic (exact) mass is 251 g/mol. The molecule has 92 valence electrons. The SMILES string of the molecule is CCOc1cc(OC(C)(C)C)c2sccc2n1. The van der Waals surface area contributed by atoms with Crippen molar-refractivity contribution >= 4 is 21.6 Å². The zero-order valence-electron chi connectivity index (χ0n) is 10.6. The zero-order chi connectivity index (χ0) is 12.5. The van der Waals surface area contributed by atoms with Crippen molar-refractivity contribution in [2.45, 2.75) is 33.3 Å². The molecule has 0 aliphatic carbocycles. The van der Waals surface area contributed by atoms with E-state index in [2.05, 4.69) is 4.98 Å². The Morgan fingerprint density at radius 3 is 2.76 bits per heavy atom. The predicted molar refractivity (Wildman–Crippen MR) is 71.2 cm³/mol. The molecule has 0 N–H and O–H groups in total. The van der Waals surface area contributed by atoms with Crippen molar-refractivity contribution in [2.24, 2.45) is 0 Å². The first-order chi connectivity index (χ1) is 7.99. The van der Waals surface area contributed by atoms with Gasteiger partial charge in [0.25, 0.3) is 0 Å². The van der Waals surface area contributed by atoms with Gasteiger partial charge in [-0.15, -0.1) is 11.3 Å². The molecule has 0 aliphatic heterocycles. The lowest BCUT2D eigenvalue weighted by atomic mass is 10.2. The minimum atomic E-state index is -0.220. The quantitative estimate of drug-likeness (QED) is 0.829. The molecule has 0 saturated heterocycles. The van der Waals surface area contributed by atoms with Crippen LogP contribution in [0.15, 0.2) is 17.5 Å². The number of aromatic nitrogens is 1. The van der Waals surface area contributed by atoms with E-state index in [0.717, 1.165) is 16.0 Å². The molecule has 2 aromatic rings. The number of nitrogens with zero attached hydrogens (tertiary/aromatic N) is 1. The van der Waals surface area contributed by atoms with Crippen LogP contribution in [0.25, 0.3) is 10.2 Å². The molecule has 2 rings (SSSR count). The van der Waals surface area contributed by atoms with Gasteiger partial charge in [-0.3, -0.25) is 0 Å². The van der Waals surface area contributed by atoms with Crippen molar-refractivity contribution in [1.82, 2.24) is 4.98 Å². The number of thiophene rings is 1. The van der Waals surface area contributed by atoms with Crippen molar-refractivity contribution < 1.29 is 9.47 Å². The van der Waals surface area contributed by atoms with Gasteiger partial charge in [0.2, 0.25) is 5.88 Å². The summed E-state index contributed by atoms with van der Waals surface area (Å²) in [5.74, 6) is 1.47. The molecule has 2 aromatic heterocycles. The lowest BCUT2D eigenvalue weighted by Crippen LogP contribution is -2.23. The van der Waals surface area contributed by atoms with Crippen molar-refractivity contribution in [1.29, 1.82) is 0 Å². The lowest BCUT2D eigenvalue weighted by molar-refractivity contribution is 0.132. The van der Waals surface area contributed by atoms with Crippen LogP contribution >= 0.6 is 11.3 Å². The van der Waals surface area contributed by atoms with Crippen LogP contribution < -0.4 is 9.47 Å². The Hall–Kier alpha value is -1.29. The van der Waals surface area contributed by atoms with Crippen LogP contribution in [0.3, 0.4) is 0 Å². The van der Waals surface area contributed by atoms with Gasteiger partial charge in [0, 0.05) is 6.07 Å². The molecular weight excluding hydrogens is 234 g/mol. The van der Waals surface area contributed by atoms with Gasteiger partial charge in [-0.05, 0) is 39.1 Å². The van der Waals surface area contributed by atoms with Crippen molar-refractivity contribution in [3.05, 3.63) is 17.5 Å². The molecule has 17 heavy (non-hydrogen) atoms. The molecule has 0 saturated carbocycles. The number of hydrogen-bond acceptors (Lipinski definition) is 4. The second-order valence-electron chi connectivity index (χ2n) is 4.74. The Kier molecular flexibility index (Phi) is 3.24. The second-order valence-corrected chi connectivity index (χ2v) is 5.66. The Bertz CT molecular complexity index is 514. The summed E-state index contributed by atoms with van der Waals surface area (Å²) in [6.07, 6.45) is 0. The smallest absolute Gasteiger partial charge is 0.217 e. The van der Waals surface area contributed by atoms with E-state index in [-0.39, 0.29) is 5.60 Å². The van der Waals surface area contributed by atoms with E-state index < -0.39 is 0 Å². The highest BCUT2D eigenvalue weighted by Crippen LogP contribution is 2.34. The Labute approximate surface area is 105 Å². The number of fused-ring (bicyclic) bond motifs is 1. The summed E-state index contributed by atoms with van der Waals surface area (Å²) in [6.45, 7) is 8.66. The highest BCUT2D eigenvalue weighted by molar-refractivity contribution is 7.17. The van der Waals surface area contributed by atoms with E-state index in [0.29, 0.717) is 12.5 Å². The number of pyridine rings is 1. The van der Waals surface area contributed by atoms with Crippen molar-refractivity contribution in [3.8, 4) is 11.6 Å². The first-order valence-corrected chi connectivity index (χ1v) is 6.57. The van der Waals surface area contributed by atoms with Crippen LogP contribution in [0.2, 0.25) is 0 Å². The topological polar surface area (TPSA) is 31.4 Å². The van der Waals surface area contributed by atoms with Gasteiger partial charge in [0.05, 0.1) is 16.8 Å². The van der Waals surface area contributed by atoms with E-state index in [1.165, 1.54) is 0 Å². The van der Waals surface area contributed by atoms with Crippen molar-refractivity contribution in [2.75, 3.05) is 6.61 Å². The molecule has 0 bridgehead atoms. The summed E-state index contributed by atoms with van der Waals surface area (Å²) in [7, 11) is 0. The Morgan fingerprint density at radius 2 is 2.12 bits per heavy atom. The highest BCUT2D eigenvalue weighted by Gasteiger charge is 2.16. The molecule has 0 atom stereocenters. The fourth-order valence-electron chi connectivity index (χ4n) is 1.53. The number of ether oxygens (including phenoxy) is 2. The highest BCUT2D eigenvalue weighted by atomic mass is 32.1. The fourth-order valence-corrected chi connectivity index (χ4v) is 2.32. The molecule has 0 aliphatic rings. The van der Waals surface area contributed by atoms with E-state index in [1.54, 1.807) is 11.3 Å². The third-order valence-electron chi connectivity index (χ3n) is 2.06. The number of rotatable bonds is 3. The Balaban J connectivity index is 2.47. The molecule has 0 aromatic carbocycles. The van der Waals surface area contributed by atoms with Gasteiger partial charge in [-0.2, -0.15) is 0 Å². The second kappa shape index (κ2) is 4.53. The summed E-state index contributed by atoms with van der Waals surface area (Å²) < 4.78 is 12.5. The van der Waals surface area contributed by atoms with Crippen LogP contribution in [0.4, 0.5) is 0 Å². The van der Waals surface area contributed by atoms with Gasteiger partial charge in [-0.25, -0.2) is 4.98 Å². The largest absolute Gasteiger partial charge is 0.486 e. The van der Waals surface area contributed by atoms with Crippen LogP contribution in [0.1, 0.15) is 27.7 Å². The van der Waals surface area contributed by atoms with Crippen LogP contribution in [0, 0.1) is 0 Å². The lowest BCUT2D eigenvalue weighted by Gasteiger charge is -2.21. The summed E-state index contributed by atoms with van der Waals surface area (Å²) in [4.78, 5) is 4.42. The zero-order valence-corrected chi connectivity index (χ0v) is 11.4. The third kappa shape index (κ3) is 2.88. The number of hydrogen-bond donors (Lipinski definition) is 0. The molecule has 3 nitrogen and oxygen atoms in total. The first kappa shape index (κ1) is 12.2. The minimum absolute atomic E-state index is 0.220. The normalized spacial score (nSPS) is 11.8. The fraction of sp³-hybridized carbons (Fsp3) is 0.462. The third-order valence-corrected chi connectivity index (χ3v) is 2.98. The van der Waals surface area contributed by atoms with Crippen LogP contribution in [-0.2, 0) is 0 Å². The van der Waals surface area contributed by atoms with Crippen molar-refractivity contribution in [3.63, 3.8) is 0 Å². The maximum Gasteiger partial charge on any atom is 0.217 e. The van der Waals surface area contributed by atoms with E-state index >= 15 is 0 Å². The molecule has 0 unspecified atom stereocenters. The van der Waals surface area contributed by atoms with E-state index in [4.69, 9.17) is 9.47 Å². The van der Waals surface area contributed by atoms with Gasteiger partial charge in [0.15, 0.2) is 0 Å². The van der Waals surface area contributed by atoms with E-state index in [1.807, 2.05) is 45.2 Å². The summed E-state index contributed by atoms with van der Waals surface area (Å²) in [5, 5.41) is 2.02. The Morgan fingerprint density at radius 1 is 1.35 bits per heavy atom. The van der Waals surface area contributed by atoms with Gasteiger partial charge in [-0.1, -0.05) is 0 Å².